The molecule has 1 amide bonds. The zero-order chi connectivity index (χ0) is 14.4. The Hall–Kier alpha value is -2.62. The molecule has 102 valence electrons. The predicted octanol–water partition coefficient (Wildman–Crippen LogP) is 2.58. The van der Waals surface area contributed by atoms with Gasteiger partial charge in [-0.05, 0) is 29.8 Å². The summed E-state index contributed by atoms with van der Waals surface area (Å²) in [5, 5.41) is 2.62. The largest absolute Gasteiger partial charge is 0.485 e. The van der Waals surface area contributed by atoms with E-state index >= 15 is 0 Å². The maximum Gasteiger partial charge on any atom is 0.221 e. The highest BCUT2D eigenvalue weighted by atomic mass is 16.5. The molecule has 0 bridgehead atoms. The lowest BCUT2D eigenvalue weighted by molar-refractivity contribution is -0.114. The topological polar surface area (TPSA) is 55.4 Å². The fourth-order valence-electron chi connectivity index (χ4n) is 1.69. The Kier molecular flexibility index (Phi) is 4.50. The lowest BCUT2D eigenvalue weighted by Gasteiger charge is -2.03. The van der Waals surface area contributed by atoms with Crippen molar-refractivity contribution >= 4 is 11.6 Å². The van der Waals surface area contributed by atoms with Crippen LogP contribution in [0.25, 0.3) is 0 Å². The van der Waals surface area contributed by atoms with Gasteiger partial charge < -0.3 is 10.1 Å². The second kappa shape index (κ2) is 6.52. The van der Waals surface area contributed by atoms with Gasteiger partial charge in [0.05, 0.1) is 0 Å². The molecule has 0 aliphatic heterocycles. The second-order valence-electron chi connectivity index (χ2n) is 4.31. The number of amides is 1. The maximum absolute atomic E-state index is 11.8. The van der Waals surface area contributed by atoms with Crippen LogP contribution in [-0.4, -0.2) is 5.91 Å². The highest BCUT2D eigenvalue weighted by Crippen LogP contribution is 2.10. The van der Waals surface area contributed by atoms with Crippen molar-refractivity contribution in [2.75, 3.05) is 5.32 Å². The van der Waals surface area contributed by atoms with E-state index in [9.17, 15) is 9.59 Å². The number of nitrogens with one attached hydrogen (secondary N) is 1. The summed E-state index contributed by atoms with van der Waals surface area (Å²) in [4.78, 5) is 22.8. The lowest BCUT2D eigenvalue weighted by atomic mass is 10.2. The van der Waals surface area contributed by atoms with Crippen LogP contribution in [0.3, 0.4) is 0 Å². The summed E-state index contributed by atoms with van der Waals surface area (Å²) in [6.45, 7) is 1.74. The van der Waals surface area contributed by atoms with Crippen molar-refractivity contribution in [2.45, 2.75) is 13.5 Å². The van der Waals surface area contributed by atoms with Crippen molar-refractivity contribution in [3.8, 4) is 5.75 Å². The van der Waals surface area contributed by atoms with Crippen LogP contribution in [0.1, 0.15) is 12.5 Å². The van der Waals surface area contributed by atoms with E-state index in [1.807, 2.05) is 30.3 Å². The molecule has 0 aliphatic rings. The van der Waals surface area contributed by atoms with E-state index in [1.165, 1.54) is 13.0 Å². The molecule has 0 aromatic heterocycles. The van der Waals surface area contributed by atoms with Gasteiger partial charge in [0.1, 0.15) is 6.61 Å². The maximum atomic E-state index is 11.8. The number of ether oxygens (including phenoxy) is 1. The molecule has 0 fully saturated rings. The molecule has 2 rings (SSSR count). The average Bonchev–Trinajstić information content (AvgIpc) is 2.60. The summed E-state index contributed by atoms with van der Waals surface area (Å²) >= 11 is 0. The number of hydrogen-bond acceptors (Lipinski definition) is 3. The number of rotatable bonds is 4. The summed E-state index contributed by atoms with van der Waals surface area (Å²) in [7, 11) is 0. The number of benzene rings is 1. The van der Waals surface area contributed by atoms with Gasteiger partial charge in [-0.15, -0.1) is 0 Å². The molecule has 0 radical (unpaired) electrons. The molecule has 2 aromatic rings. The molecule has 0 saturated heterocycles. The van der Waals surface area contributed by atoms with Crippen molar-refractivity contribution in [3.63, 3.8) is 0 Å². The number of anilines is 1. The number of hydrogen-bond donors (Lipinski definition) is 1. The van der Waals surface area contributed by atoms with Crippen LogP contribution in [0.2, 0.25) is 0 Å². The molecule has 0 unspecified atom stereocenters. The Morgan fingerprint density at radius 1 is 1.05 bits per heavy atom. The van der Waals surface area contributed by atoms with E-state index in [0.29, 0.717) is 12.3 Å². The average molecular weight is 269 g/mol. The van der Waals surface area contributed by atoms with Crippen LogP contribution in [-0.2, 0) is 11.4 Å². The monoisotopic (exact) mass is 269 g/mol. The summed E-state index contributed by atoms with van der Waals surface area (Å²) in [5.41, 5.74) is 1.32. The van der Waals surface area contributed by atoms with E-state index in [0.717, 1.165) is 5.56 Å². The fourth-order valence-corrected chi connectivity index (χ4v) is 1.69. The van der Waals surface area contributed by atoms with E-state index in [1.54, 1.807) is 18.2 Å². The molecule has 0 spiro atoms. The second-order valence-corrected chi connectivity index (χ2v) is 4.31. The Balaban J connectivity index is 2.14. The van der Waals surface area contributed by atoms with E-state index in [-0.39, 0.29) is 17.1 Å². The third kappa shape index (κ3) is 3.95. The Bertz CT molecular complexity index is 653. The summed E-state index contributed by atoms with van der Waals surface area (Å²) < 4.78 is 5.52. The van der Waals surface area contributed by atoms with Crippen molar-refractivity contribution < 1.29 is 9.53 Å². The zero-order valence-corrected chi connectivity index (χ0v) is 11.1. The summed E-state index contributed by atoms with van der Waals surface area (Å²) in [6, 6.07) is 15.7. The first-order chi connectivity index (χ1) is 9.65. The van der Waals surface area contributed by atoms with Crippen LogP contribution in [0, 0.1) is 0 Å². The molecule has 0 atom stereocenters. The predicted molar refractivity (Wildman–Crippen MR) is 77.8 cm³/mol. The van der Waals surface area contributed by atoms with Crippen LogP contribution in [0.5, 0.6) is 5.75 Å². The molecule has 20 heavy (non-hydrogen) atoms. The van der Waals surface area contributed by atoms with Gasteiger partial charge in [0.25, 0.3) is 0 Å². The van der Waals surface area contributed by atoms with Crippen molar-refractivity contribution in [3.05, 3.63) is 70.4 Å². The minimum Gasteiger partial charge on any atom is -0.485 e. The van der Waals surface area contributed by atoms with E-state index in [2.05, 4.69) is 5.32 Å². The van der Waals surface area contributed by atoms with Gasteiger partial charge >= 0.3 is 0 Å². The van der Waals surface area contributed by atoms with Crippen molar-refractivity contribution in [1.82, 2.24) is 0 Å². The minimum atomic E-state index is -0.225. The first kappa shape index (κ1) is 13.8. The molecule has 1 N–H and O–H groups in total. The SMILES string of the molecule is CC(=O)Nc1ccc(OCc2ccccc2)c(=O)cc1. The lowest BCUT2D eigenvalue weighted by Crippen LogP contribution is -2.04. The quantitative estimate of drug-likeness (QED) is 0.928. The summed E-state index contributed by atoms with van der Waals surface area (Å²) in [5.74, 6) is 0.0702. The third-order valence-electron chi connectivity index (χ3n) is 2.63. The van der Waals surface area contributed by atoms with E-state index < -0.39 is 0 Å². The van der Waals surface area contributed by atoms with Crippen molar-refractivity contribution in [1.29, 1.82) is 0 Å². The third-order valence-corrected chi connectivity index (χ3v) is 2.63. The van der Waals surface area contributed by atoms with Crippen LogP contribution >= 0.6 is 0 Å². The zero-order valence-electron chi connectivity index (χ0n) is 11.1. The smallest absolute Gasteiger partial charge is 0.221 e. The van der Waals surface area contributed by atoms with E-state index in [4.69, 9.17) is 4.74 Å². The fraction of sp³-hybridized carbons (Fsp3) is 0.125. The Morgan fingerprint density at radius 3 is 2.45 bits per heavy atom. The molecule has 0 aliphatic carbocycles. The molecule has 4 nitrogen and oxygen atoms in total. The molecular weight excluding hydrogens is 254 g/mol. The first-order valence-corrected chi connectivity index (χ1v) is 6.24. The molecule has 0 saturated carbocycles. The summed E-state index contributed by atoms with van der Waals surface area (Å²) in [6.07, 6.45) is 0. The molecule has 2 aromatic carbocycles. The normalized spacial score (nSPS) is 9.85. The highest BCUT2D eigenvalue weighted by Gasteiger charge is 2.01. The Labute approximate surface area is 117 Å². The van der Waals surface area contributed by atoms with Crippen LogP contribution in [0.15, 0.2) is 59.4 Å². The number of carbonyl (C=O) groups excluding carboxylic acids is 1. The Morgan fingerprint density at radius 2 is 1.75 bits per heavy atom. The van der Waals surface area contributed by atoms with Gasteiger partial charge in [0.2, 0.25) is 11.3 Å². The highest BCUT2D eigenvalue weighted by molar-refractivity contribution is 5.88. The standard InChI is InChI=1S/C16H15NO3/c1-12(18)17-14-7-9-15(19)16(10-8-14)20-11-13-5-3-2-4-6-13/h2-10H,11H2,1H3,(H,17,18). The van der Waals surface area contributed by atoms with Crippen LogP contribution < -0.4 is 15.5 Å². The molecule has 0 heterocycles. The van der Waals surface area contributed by atoms with Gasteiger partial charge in [0.15, 0.2) is 5.75 Å². The van der Waals surface area contributed by atoms with Gasteiger partial charge in [-0.2, -0.15) is 0 Å². The molecular formula is C16H15NO3. The van der Waals surface area contributed by atoms with Crippen molar-refractivity contribution in [2.24, 2.45) is 0 Å². The van der Waals surface area contributed by atoms with Gasteiger partial charge in [-0.1, -0.05) is 30.3 Å². The van der Waals surface area contributed by atoms with Gasteiger partial charge in [0, 0.05) is 12.6 Å². The minimum absolute atomic E-state index is 0.185. The first-order valence-electron chi connectivity index (χ1n) is 6.24. The van der Waals surface area contributed by atoms with Crippen LogP contribution in [0.4, 0.5) is 5.69 Å². The number of carbonyl (C=O) groups is 1. The van der Waals surface area contributed by atoms with Gasteiger partial charge in [-0.3, -0.25) is 9.59 Å². The van der Waals surface area contributed by atoms with Gasteiger partial charge in [-0.25, -0.2) is 0 Å². The molecule has 4 heteroatoms.